The molecule has 1 aromatic carbocycles. The van der Waals surface area contributed by atoms with Crippen molar-refractivity contribution >= 4 is 5.69 Å². The average Bonchev–Trinajstić information content (AvgIpc) is 2.49. The predicted octanol–water partition coefficient (Wildman–Crippen LogP) is 5.33. The van der Waals surface area contributed by atoms with Gasteiger partial charge in [-0.25, -0.2) is 0 Å². The van der Waals surface area contributed by atoms with E-state index < -0.39 is 0 Å². The minimum Gasteiger partial charge on any atom is -0.359 e. The molecule has 0 saturated carbocycles. The molecule has 0 bridgehead atoms. The van der Waals surface area contributed by atoms with Crippen LogP contribution in [-0.4, -0.2) is 6.04 Å². The summed E-state index contributed by atoms with van der Waals surface area (Å²) in [6.45, 7) is 8.83. The van der Waals surface area contributed by atoms with Crippen molar-refractivity contribution in [3.05, 3.63) is 41.6 Å². The number of allylic oxidation sites excluding steroid dienone is 2. The fourth-order valence-electron chi connectivity index (χ4n) is 2.70. The van der Waals surface area contributed by atoms with Crippen LogP contribution in [0.3, 0.4) is 0 Å². The van der Waals surface area contributed by atoms with E-state index >= 15 is 0 Å². The lowest BCUT2D eigenvalue weighted by molar-refractivity contribution is 0.455. The zero-order chi connectivity index (χ0) is 15.7. The third-order valence-corrected chi connectivity index (χ3v) is 4.01. The number of nitrogens with two attached hydrogens (primary N) is 1. The van der Waals surface area contributed by atoms with Crippen LogP contribution in [-0.2, 0) is 0 Å². The Bertz CT molecular complexity index is 420. The van der Waals surface area contributed by atoms with Gasteiger partial charge in [0.15, 0.2) is 0 Å². The van der Waals surface area contributed by atoms with Gasteiger partial charge in [-0.3, -0.25) is 0 Å². The highest BCUT2D eigenvalue weighted by Gasteiger charge is 2.18. The average molecular weight is 288 g/mol. The maximum absolute atomic E-state index is 6.09. The summed E-state index contributed by atoms with van der Waals surface area (Å²) in [5.74, 6) is 0.533. The van der Waals surface area contributed by atoms with E-state index in [4.69, 9.17) is 5.73 Å². The molecule has 0 fully saturated rings. The maximum atomic E-state index is 6.09. The Hall–Kier alpha value is -1.28. The Morgan fingerprint density at radius 1 is 1.19 bits per heavy atom. The Labute approximate surface area is 130 Å². The molecule has 3 N–H and O–H groups in total. The molecule has 21 heavy (non-hydrogen) atoms. The van der Waals surface area contributed by atoms with Crippen LogP contribution in [0, 0.1) is 5.92 Å². The third kappa shape index (κ3) is 6.34. The number of anilines is 1. The molecule has 1 rings (SSSR count). The molecular formula is C19H32N2. The van der Waals surface area contributed by atoms with E-state index in [9.17, 15) is 0 Å². The van der Waals surface area contributed by atoms with Crippen LogP contribution in [0.25, 0.3) is 0 Å². The zero-order valence-corrected chi connectivity index (χ0v) is 14.2. The van der Waals surface area contributed by atoms with Gasteiger partial charge in [-0.05, 0) is 45.2 Å². The van der Waals surface area contributed by atoms with E-state index in [0.29, 0.717) is 5.92 Å². The molecule has 0 aliphatic carbocycles. The van der Waals surface area contributed by atoms with E-state index in [1.165, 1.54) is 36.2 Å². The second-order valence-electron chi connectivity index (χ2n) is 6.09. The number of hydrogen-bond acceptors (Lipinski definition) is 2. The lowest BCUT2D eigenvalue weighted by atomic mass is 9.89. The third-order valence-electron chi connectivity index (χ3n) is 4.01. The van der Waals surface area contributed by atoms with Crippen molar-refractivity contribution in [2.75, 3.05) is 5.32 Å². The summed E-state index contributed by atoms with van der Waals surface area (Å²) in [6, 6.07) is 10.7. The Kier molecular flexibility index (Phi) is 8.14. The summed E-state index contributed by atoms with van der Waals surface area (Å²) >= 11 is 0. The largest absolute Gasteiger partial charge is 0.359 e. The molecule has 0 aliphatic rings. The standard InChI is InChI=1S/C19H32N2/c1-5-7-11-17(14-16(4)20)19(15(3)6-2)21-18-12-9-8-10-13-18/h8-10,12-13,16-17,21H,5-7,11,14,20H2,1-4H3/b19-15+. The van der Waals surface area contributed by atoms with Crippen molar-refractivity contribution in [1.82, 2.24) is 0 Å². The number of hydrogen-bond donors (Lipinski definition) is 2. The first-order chi connectivity index (χ1) is 10.1. The molecule has 0 heterocycles. The summed E-state index contributed by atoms with van der Waals surface area (Å²) in [5, 5.41) is 3.67. The van der Waals surface area contributed by atoms with E-state index in [0.717, 1.165) is 12.8 Å². The smallest absolute Gasteiger partial charge is 0.0381 e. The fraction of sp³-hybridized carbons (Fsp3) is 0.579. The second-order valence-corrected chi connectivity index (χ2v) is 6.09. The predicted molar refractivity (Wildman–Crippen MR) is 94.3 cm³/mol. The second kappa shape index (κ2) is 9.62. The van der Waals surface area contributed by atoms with Crippen molar-refractivity contribution in [1.29, 1.82) is 0 Å². The van der Waals surface area contributed by atoms with Gasteiger partial charge in [0.05, 0.1) is 0 Å². The van der Waals surface area contributed by atoms with Gasteiger partial charge in [0.25, 0.3) is 0 Å². The normalized spacial score (nSPS) is 15.3. The molecule has 0 spiro atoms. The van der Waals surface area contributed by atoms with Crippen molar-refractivity contribution in [3.63, 3.8) is 0 Å². The van der Waals surface area contributed by atoms with Crippen LogP contribution in [0.2, 0.25) is 0 Å². The minimum absolute atomic E-state index is 0.240. The first-order valence-corrected chi connectivity index (χ1v) is 8.35. The van der Waals surface area contributed by atoms with Gasteiger partial charge in [0.1, 0.15) is 0 Å². The molecule has 118 valence electrons. The molecule has 0 aromatic heterocycles. The quantitative estimate of drug-likeness (QED) is 0.645. The number of nitrogens with one attached hydrogen (secondary N) is 1. The number of para-hydroxylation sites is 1. The van der Waals surface area contributed by atoms with Crippen molar-refractivity contribution in [2.45, 2.75) is 65.8 Å². The monoisotopic (exact) mass is 288 g/mol. The molecule has 2 nitrogen and oxygen atoms in total. The topological polar surface area (TPSA) is 38.0 Å². The molecule has 0 amide bonds. The van der Waals surface area contributed by atoms with Crippen molar-refractivity contribution in [2.24, 2.45) is 11.7 Å². The maximum Gasteiger partial charge on any atom is 0.0381 e. The van der Waals surface area contributed by atoms with Gasteiger partial charge in [0, 0.05) is 23.3 Å². The van der Waals surface area contributed by atoms with E-state index in [1.54, 1.807) is 0 Å². The molecule has 0 radical (unpaired) electrons. The summed E-state index contributed by atoms with van der Waals surface area (Å²) in [5.41, 5.74) is 10.1. The van der Waals surface area contributed by atoms with Gasteiger partial charge in [0.2, 0.25) is 0 Å². The molecule has 1 aromatic rings. The number of benzene rings is 1. The van der Waals surface area contributed by atoms with E-state index in [2.05, 4.69) is 63.3 Å². The lowest BCUT2D eigenvalue weighted by Gasteiger charge is -2.26. The first kappa shape index (κ1) is 17.8. The minimum atomic E-state index is 0.240. The van der Waals surface area contributed by atoms with Crippen LogP contribution in [0.5, 0.6) is 0 Å². The van der Waals surface area contributed by atoms with Gasteiger partial charge >= 0.3 is 0 Å². The molecule has 2 heteroatoms. The van der Waals surface area contributed by atoms with Crippen molar-refractivity contribution < 1.29 is 0 Å². The highest BCUT2D eigenvalue weighted by Crippen LogP contribution is 2.28. The summed E-state index contributed by atoms with van der Waals surface area (Å²) in [6.07, 6.45) is 5.83. The lowest BCUT2D eigenvalue weighted by Crippen LogP contribution is -2.24. The molecule has 2 atom stereocenters. The van der Waals surface area contributed by atoms with Crippen LogP contribution >= 0.6 is 0 Å². The van der Waals surface area contributed by atoms with E-state index in [-0.39, 0.29) is 6.04 Å². The van der Waals surface area contributed by atoms with Gasteiger partial charge in [-0.15, -0.1) is 0 Å². The van der Waals surface area contributed by atoms with Gasteiger partial charge in [-0.2, -0.15) is 0 Å². The van der Waals surface area contributed by atoms with Crippen LogP contribution in [0.4, 0.5) is 5.69 Å². The van der Waals surface area contributed by atoms with Crippen LogP contribution < -0.4 is 11.1 Å². The Morgan fingerprint density at radius 2 is 1.86 bits per heavy atom. The molecule has 0 aliphatic heterocycles. The van der Waals surface area contributed by atoms with Crippen molar-refractivity contribution in [3.8, 4) is 0 Å². The van der Waals surface area contributed by atoms with Gasteiger partial charge < -0.3 is 11.1 Å². The van der Waals surface area contributed by atoms with Crippen LogP contribution in [0.1, 0.15) is 59.8 Å². The first-order valence-electron chi connectivity index (χ1n) is 8.35. The Morgan fingerprint density at radius 3 is 2.38 bits per heavy atom. The summed E-state index contributed by atoms with van der Waals surface area (Å²) < 4.78 is 0. The summed E-state index contributed by atoms with van der Waals surface area (Å²) in [4.78, 5) is 0. The summed E-state index contributed by atoms with van der Waals surface area (Å²) in [7, 11) is 0. The highest BCUT2D eigenvalue weighted by molar-refractivity contribution is 5.49. The number of rotatable bonds is 9. The Balaban J connectivity index is 2.97. The van der Waals surface area contributed by atoms with Gasteiger partial charge in [-0.1, -0.05) is 50.5 Å². The molecule has 2 unspecified atom stereocenters. The zero-order valence-electron chi connectivity index (χ0n) is 14.2. The SMILES string of the molecule is CCCCC(CC(C)N)/C(Nc1ccccc1)=C(/C)CC. The fourth-order valence-corrected chi connectivity index (χ4v) is 2.70. The van der Waals surface area contributed by atoms with E-state index in [1.807, 2.05) is 0 Å². The molecular weight excluding hydrogens is 256 g/mol. The highest BCUT2D eigenvalue weighted by atomic mass is 14.9. The van der Waals surface area contributed by atoms with Crippen LogP contribution in [0.15, 0.2) is 41.6 Å². The molecule has 0 saturated heterocycles. The number of unbranched alkanes of at least 4 members (excludes halogenated alkanes) is 1.